The van der Waals surface area contributed by atoms with E-state index in [4.69, 9.17) is 4.74 Å². The number of anilines is 1. The van der Waals surface area contributed by atoms with Crippen LogP contribution < -0.4 is 10.0 Å². The van der Waals surface area contributed by atoms with Crippen molar-refractivity contribution in [2.24, 2.45) is 0 Å². The van der Waals surface area contributed by atoms with Gasteiger partial charge in [0.2, 0.25) is 0 Å². The summed E-state index contributed by atoms with van der Waals surface area (Å²) in [6.45, 7) is 6.68. The van der Waals surface area contributed by atoms with E-state index >= 15 is 0 Å². The Hall–Kier alpha value is -2.38. The smallest absolute Gasteiger partial charge is 0.262 e. The molecule has 1 atom stereocenters. The molecule has 28 heavy (non-hydrogen) atoms. The molecule has 6 nitrogen and oxygen atoms in total. The number of benzene rings is 2. The van der Waals surface area contributed by atoms with Crippen LogP contribution in [-0.4, -0.2) is 33.6 Å². The summed E-state index contributed by atoms with van der Waals surface area (Å²) in [5, 5.41) is 2.82. The van der Waals surface area contributed by atoms with Gasteiger partial charge in [-0.05, 0) is 74.6 Å². The van der Waals surface area contributed by atoms with E-state index in [2.05, 4.69) is 10.0 Å². The van der Waals surface area contributed by atoms with Gasteiger partial charge in [-0.25, -0.2) is 8.42 Å². The summed E-state index contributed by atoms with van der Waals surface area (Å²) in [7, 11) is -3.82. The molecule has 2 aromatic carbocycles. The molecule has 1 saturated heterocycles. The lowest BCUT2D eigenvalue weighted by molar-refractivity contribution is 0.0857. The molecule has 150 valence electrons. The van der Waals surface area contributed by atoms with E-state index in [9.17, 15) is 13.2 Å². The van der Waals surface area contributed by atoms with Crippen molar-refractivity contribution in [1.29, 1.82) is 0 Å². The van der Waals surface area contributed by atoms with Gasteiger partial charge in [0.25, 0.3) is 15.9 Å². The van der Waals surface area contributed by atoms with Gasteiger partial charge in [-0.1, -0.05) is 12.1 Å². The van der Waals surface area contributed by atoms with Crippen LogP contribution in [0.25, 0.3) is 0 Å². The number of nitrogens with one attached hydrogen (secondary N) is 2. The molecule has 0 aliphatic carbocycles. The number of sulfonamides is 1. The molecule has 0 aromatic heterocycles. The van der Waals surface area contributed by atoms with Crippen LogP contribution in [0, 0.1) is 20.8 Å². The number of hydrogen-bond donors (Lipinski definition) is 2. The quantitative estimate of drug-likeness (QED) is 0.776. The molecule has 1 amide bonds. The first-order valence-corrected chi connectivity index (χ1v) is 10.8. The number of aryl methyl sites for hydroxylation is 3. The van der Waals surface area contributed by atoms with Crippen LogP contribution >= 0.6 is 0 Å². The highest BCUT2D eigenvalue weighted by molar-refractivity contribution is 7.92. The summed E-state index contributed by atoms with van der Waals surface area (Å²) < 4.78 is 34.0. The number of amides is 1. The number of carbonyl (C=O) groups is 1. The lowest BCUT2D eigenvalue weighted by atomic mass is 10.1. The topological polar surface area (TPSA) is 84.5 Å². The van der Waals surface area contributed by atoms with E-state index in [1.165, 1.54) is 6.07 Å². The molecule has 2 aromatic rings. The number of carbonyl (C=O) groups excluding carboxylic acids is 1. The fourth-order valence-electron chi connectivity index (χ4n) is 3.39. The first kappa shape index (κ1) is 20.4. The predicted molar refractivity (Wildman–Crippen MR) is 109 cm³/mol. The molecule has 7 heteroatoms. The monoisotopic (exact) mass is 402 g/mol. The van der Waals surface area contributed by atoms with E-state index < -0.39 is 10.0 Å². The van der Waals surface area contributed by atoms with Gasteiger partial charge in [-0.2, -0.15) is 0 Å². The van der Waals surface area contributed by atoms with Crippen molar-refractivity contribution in [2.45, 2.75) is 44.6 Å². The normalized spacial score (nSPS) is 16.8. The Bertz CT molecular complexity index is 960. The summed E-state index contributed by atoms with van der Waals surface area (Å²) in [5.74, 6) is -0.307. The van der Waals surface area contributed by atoms with E-state index in [0.29, 0.717) is 23.4 Å². The third-order valence-corrected chi connectivity index (χ3v) is 6.25. The van der Waals surface area contributed by atoms with Crippen LogP contribution in [0.1, 0.15) is 39.9 Å². The van der Waals surface area contributed by atoms with Crippen LogP contribution in [0.4, 0.5) is 5.69 Å². The number of hydrogen-bond acceptors (Lipinski definition) is 4. The van der Waals surface area contributed by atoms with Crippen molar-refractivity contribution in [2.75, 3.05) is 17.9 Å². The van der Waals surface area contributed by atoms with Crippen molar-refractivity contribution in [3.63, 3.8) is 0 Å². The highest BCUT2D eigenvalue weighted by Gasteiger charge is 2.21. The second-order valence-corrected chi connectivity index (χ2v) is 8.96. The van der Waals surface area contributed by atoms with Crippen molar-refractivity contribution in [3.05, 3.63) is 58.7 Å². The Balaban J connectivity index is 1.80. The zero-order valence-electron chi connectivity index (χ0n) is 16.4. The highest BCUT2D eigenvalue weighted by Crippen LogP contribution is 2.22. The summed E-state index contributed by atoms with van der Waals surface area (Å²) in [5.41, 5.74) is 3.33. The molecule has 2 N–H and O–H groups in total. The number of ether oxygens (including phenoxy) is 1. The molecule has 3 rings (SSSR count). The minimum Gasteiger partial charge on any atom is -0.376 e. The van der Waals surface area contributed by atoms with Crippen LogP contribution in [0.5, 0.6) is 0 Å². The van der Waals surface area contributed by atoms with Crippen LogP contribution in [0.3, 0.4) is 0 Å². The maximum absolute atomic E-state index is 12.9. The van der Waals surface area contributed by atoms with E-state index in [1.54, 1.807) is 31.2 Å². The highest BCUT2D eigenvalue weighted by atomic mass is 32.2. The minimum absolute atomic E-state index is 0.0313. The lowest BCUT2D eigenvalue weighted by Gasteiger charge is -2.14. The van der Waals surface area contributed by atoms with Gasteiger partial charge in [0.15, 0.2) is 0 Å². The van der Waals surface area contributed by atoms with Crippen LogP contribution in [0.15, 0.2) is 41.3 Å². The van der Waals surface area contributed by atoms with Gasteiger partial charge in [-0.15, -0.1) is 0 Å². The predicted octanol–water partition coefficient (Wildman–Crippen LogP) is 3.32. The molecular weight excluding hydrogens is 376 g/mol. The second kappa shape index (κ2) is 8.32. The number of rotatable bonds is 6. The molecule has 1 aliphatic heterocycles. The van der Waals surface area contributed by atoms with Crippen molar-refractivity contribution in [3.8, 4) is 0 Å². The first-order chi connectivity index (χ1) is 13.2. The maximum atomic E-state index is 12.9. The van der Waals surface area contributed by atoms with Gasteiger partial charge in [0.1, 0.15) is 0 Å². The van der Waals surface area contributed by atoms with Crippen LogP contribution in [-0.2, 0) is 14.8 Å². The standard InChI is InChI=1S/C21H26N2O4S/c1-14-9-15(2)11-18(10-14)23-28(25,26)20-12-17(7-6-16(20)3)21(24)22-13-19-5-4-8-27-19/h6-7,9-12,19,23H,4-5,8,13H2,1-3H3,(H,22,24)/t19-/m1/s1. The first-order valence-electron chi connectivity index (χ1n) is 9.36. The Morgan fingerprint density at radius 2 is 1.82 bits per heavy atom. The fraction of sp³-hybridized carbons (Fsp3) is 0.381. The average Bonchev–Trinajstić information content (AvgIpc) is 3.12. The third kappa shape index (κ3) is 4.91. The summed E-state index contributed by atoms with van der Waals surface area (Å²) >= 11 is 0. The van der Waals surface area contributed by atoms with Gasteiger partial charge in [-0.3, -0.25) is 9.52 Å². The summed E-state index contributed by atoms with van der Waals surface area (Å²) in [4.78, 5) is 12.6. The van der Waals surface area contributed by atoms with Gasteiger partial charge >= 0.3 is 0 Å². The van der Waals surface area contributed by atoms with Crippen molar-refractivity contribution in [1.82, 2.24) is 5.32 Å². The fourth-order valence-corrected chi connectivity index (χ4v) is 4.70. The third-order valence-electron chi connectivity index (χ3n) is 4.73. The Morgan fingerprint density at radius 1 is 1.11 bits per heavy atom. The molecule has 0 spiro atoms. The molecule has 0 bridgehead atoms. The van der Waals surface area contributed by atoms with Gasteiger partial charge in [0, 0.05) is 24.4 Å². The average molecular weight is 403 g/mol. The van der Waals surface area contributed by atoms with E-state index in [0.717, 1.165) is 30.6 Å². The zero-order valence-corrected chi connectivity index (χ0v) is 17.2. The Labute approximate surface area is 166 Å². The molecule has 1 fully saturated rings. The van der Waals surface area contributed by atoms with E-state index in [1.807, 2.05) is 19.9 Å². The lowest BCUT2D eigenvalue weighted by Crippen LogP contribution is -2.31. The van der Waals surface area contributed by atoms with Crippen LogP contribution in [0.2, 0.25) is 0 Å². The zero-order chi connectivity index (χ0) is 20.3. The van der Waals surface area contributed by atoms with Gasteiger partial charge < -0.3 is 10.1 Å². The van der Waals surface area contributed by atoms with E-state index in [-0.39, 0.29) is 16.9 Å². The maximum Gasteiger partial charge on any atom is 0.262 e. The molecule has 0 saturated carbocycles. The molecule has 0 unspecified atom stereocenters. The molecule has 0 radical (unpaired) electrons. The molecular formula is C21H26N2O4S. The second-order valence-electron chi connectivity index (χ2n) is 7.31. The van der Waals surface area contributed by atoms with Gasteiger partial charge in [0.05, 0.1) is 11.0 Å². The summed E-state index contributed by atoms with van der Waals surface area (Å²) in [6, 6.07) is 10.2. The Morgan fingerprint density at radius 3 is 2.46 bits per heavy atom. The minimum atomic E-state index is -3.82. The van der Waals surface area contributed by atoms with Crippen molar-refractivity contribution >= 4 is 21.6 Å². The molecule has 1 aliphatic rings. The largest absolute Gasteiger partial charge is 0.376 e. The SMILES string of the molecule is Cc1cc(C)cc(NS(=O)(=O)c2cc(C(=O)NC[C@H]3CCCO3)ccc2C)c1. The van der Waals surface area contributed by atoms with Crippen molar-refractivity contribution < 1.29 is 17.9 Å². The summed E-state index contributed by atoms with van der Waals surface area (Å²) in [6.07, 6.45) is 1.95. The molecule has 1 heterocycles. The Kier molecular flexibility index (Phi) is 6.05.